The second kappa shape index (κ2) is 13.2. The van der Waals surface area contributed by atoms with Gasteiger partial charge in [0.25, 0.3) is 17.1 Å². The summed E-state index contributed by atoms with van der Waals surface area (Å²) >= 11 is 8.76. The molecule has 206 valence electrons. The lowest BCUT2D eigenvalue weighted by Crippen LogP contribution is -2.36. The number of rotatable bonds is 9. The Balaban J connectivity index is 1.42. The number of thioether (sulfide) groups is 1. The van der Waals surface area contributed by atoms with Crippen molar-refractivity contribution < 1.29 is 33.0 Å². The van der Waals surface area contributed by atoms with Crippen LogP contribution in [0.15, 0.2) is 65.6 Å². The lowest BCUT2D eigenvalue weighted by molar-refractivity contribution is -0.127. The molecule has 0 radical (unpaired) electrons. The second-order valence-electron chi connectivity index (χ2n) is 8.17. The van der Waals surface area contributed by atoms with Gasteiger partial charge in [0.1, 0.15) is 12.4 Å². The standard InChI is InChI=1S/C27H20ClFIN3O6S/c1-38-21-11-15(10-19(30)25(21)39-14-24(35)31-17-8-6-16(29)7-9-17)12-22-26(36)33(27(37)40-22)13-23(34)32-20-5-3-2-4-18(20)28/h2-12H,13-14H2,1H3,(H,31,35)(H,32,34)/b22-12+. The molecule has 0 aliphatic carbocycles. The molecule has 0 aromatic heterocycles. The third-order valence-electron chi connectivity index (χ3n) is 5.35. The number of nitrogens with one attached hydrogen (secondary N) is 2. The fourth-order valence-corrected chi connectivity index (χ4v) is 5.32. The molecular formula is C27H20ClFIN3O6S. The highest BCUT2D eigenvalue weighted by Crippen LogP contribution is 2.37. The van der Waals surface area contributed by atoms with E-state index in [4.69, 9.17) is 21.1 Å². The molecule has 0 saturated carbocycles. The highest BCUT2D eigenvalue weighted by Gasteiger charge is 2.36. The Labute approximate surface area is 251 Å². The molecule has 4 amide bonds. The summed E-state index contributed by atoms with van der Waals surface area (Å²) in [5.74, 6) is -1.46. The summed E-state index contributed by atoms with van der Waals surface area (Å²) in [6.07, 6.45) is 1.51. The minimum absolute atomic E-state index is 0.126. The quantitative estimate of drug-likeness (QED) is 0.216. The van der Waals surface area contributed by atoms with Crippen molar-refractivity contribution >= 4 is 86.4 Å². The summed E-state index contributed by atoms with van der Waals surface area (Å²) in [5, 5.41) is 4.93. The van der Waals surface area contributed by atoms with E-state index in [1.165, 1.54) is 37.5 Å². The summed E-state index contributed by atoms with van der Waals surface area (Å²) in [6, 6.07) is 15.2. The van der Waals surface area contributed by atoms with Crippen LogP contribution >= 0.6 is 46.0 Å². The van der Waals surface area contributed by atoms with Crippen LogP contribution in [0.5, 0.6) is 11.5 Å². The monoisotopic (exact) mass is 695 g/mol. The van der Waals surface area contributed by atoms with Gasteiger partial charge < -0.3 is 20.1 Å². The number of halogens is 3. The normalized spacial score (nSPS) is 13.9. The molecule has 1 heterocycles. The predicted octanol–water partition coefficient (Wildman–Crippen LogP) is 5.78. The van der Waals surface area contributed by atoms with Gasteiger partial charge in [-0.1, -0.05) is 23.7 Å². The molecule has 3 aromatic rings. The number of amides is 4. The molecule has 4 rings (SSSR count). The summed E-state index contributed by atoms with van der Waals surface area (Å²) in [5.41, 5.74) is 1.33. The topological polar surface area (TPSA) is 114 Å². The Kier molecular flexibility index (Phi) is 9.66. The Morgan fingerprint density at radius 1 is 1.07 bits per heavy atom. The minimum atomic E-state index is -0.615. The zero-order valence-corrected chi connectivity index (χ0v) is 24.4. The molecule has 3 aromatic carbocycles. The molecule has 1 aliphatic heterocycles. The minimum Gasteiger partial charge on any atom is -0.493 e. The van der Waals surface area contributed by atoms with Gasteiger partial charge in [0.15, 0.2) is 18.1 Å². The molecule has 13 heteroatoms. The van der Waals surface area contributed by atoms with Gasteiger partial charge in [-0.2, -0.15) is 0 Å². The van der Waals surface area contributed by atoms with E-state index in [0.717, 1.165) is 4.90 Å². The maximum absolute atomic E-state index is 13.1. The highest BCUT2D eigenvalue weighted by atomic mass is 127. The SMILES string of the molecule is COc1cc(/C=C2/SC(=O)N(CC(=O)Nc3ccccc3Cl)C2=O)cc(I)c1OCC(=O)Nc1ccc(F)cc1. The summed E-state index contributed by atoms with van der Waals surface area (Å²) in [4.78, 5) is 51.1. The number of carbonyl (C=O) groups excluding carboxylic acids is 4. The molecule has 1 fully saturated rings. The van der Waals surface area contributed by atoms with E-state index in [9.17, 15) is 23.6 Å². The van der Waals surface area contributed by atoms with Crippen molar-refractivity contribution in [2.75, 3.05) is 30.9 Å². The second-order valence-corrected chi connectivity index (χ2v) is 10.7. The molecule has 0 bridgehead atoms. The smallest absolute Gasteiger partial charge is 0.294 e. The van der Waals surface area contributed by atoms with E-state index < -0.39 is 35.3 Å². The van der Waals surface area contributed by atoms with Crippen molar-refractivity contribution in [3.8, 4) is 11.5 Å². The van der Waals surface area contributed by atoms with E-state index in [1.807, 2.05) is 22.6 Å². The lowest BCUT2D eigenvalue weighted by atomic mass is 10.2. The third kappa shape index (κ3) is 7.31. The Morgan fingerprint density at radius 3 is 2.50 bits per heavy atom. The average molecular weight is 696 g/mol. The Hall–Kier alpha value is -3.62. The van der Waals surface area contributed by atoms with Crippen LogP contribution in [-0.4, -0.2) is 48.1 Å². The number of para-hydroxylation sites is 1. The maximum Gasteiger partial charge on any atom is 0.294 e. The van der Waals surface area contributed by atoms with Crippen molar-refractivity contribution in [2.24, 2.45) is 0 Å². The van der Waals surface area contributed by atoms with Gasteiger partial charge in [-0.15, -0.1) is 0 Å². The van der Waals surface area contributed by atoms with Gasteiger partial charge >= 0.3 is 0 Å². The molecule has 0 spiro atoms. The van der Waals surface area contributed by atoms with E-state index >= 15 is 0 Å². The number of carbonyl (C=O) groups is 4. The first-order valence-electron chi connectivity index (χ1n) is 11.5. The number of anilines is 2. The van der Waals surface area contributed by atoms with Gasteiger partial charge in [-0.05, 0) is 94.5 Å². The first-order chi connectivity index (χ1) is 19.1. The zero-order valence-electron chi connectivity index (χ0n) is 20.7. The van der Waals surface area contributed by atoms with Crippen LogP contribution in [-0.2, 0) is 14.4 Å². The summed E-state index contributed by atoms with van der Waals surface area (Å²) in [7, 11) is 1.42. The first-order valence-corrected chi connectivity index (χ1v) is 13.8. The number of methoxy groups -OCH3 is 1. The number of hydrogen-bond donors (Lipinski definition) is 2. The van der Waals surface area contributed by atoms with Crippen LogP contribution in [0.2, 0.25) is 5.02 Å². The van der Waals surface area contributed by atoms with Crippen LogP contribution < -0.4 is 20.1 Å². The molecule has 0 unspecified atom stereocenters. The summed E-state index contributed by atoms with van der Waals surface area (Å²) in [6.45, 7) is -0.806. The fraction of sp³-hybridized carbons (Fsp3) is 0.111. The number of ether oxygens (including phenoxy) is 2. The van der Waals surface area contributed by atoms with Crippen molar-refractivity contribution in [2.45, 2.75) is 0 Å². The van der Waals surface area contributed by atoms with Crippen molar-refractivity contribution in [3.63, 3.8) is 0 Å². The lowest BCUT2D eigenvalue weighted by Gasteiger charge is -2.14. The maximum atomic E-state index is 13.1. The van der Waals surface area contributed by atoms with E-state index in [-0.39, 0.29) is 11.5 Å². The zero-order chi connectivity index (χ0) is 28.8. The third-order valence-corrected chi connectivity index (χ3v) is 7.39. The molecule has 1 aliphatic rings. The Morgan fingerprint density at radius 2 is 1.80 bits per heavy atom. The number of hydrogen-bond acceptors (Lipinski definition) is 7. The van der Waals surface area contributed by atoms with Gasteiger partial charge in [-0.25, -0.2) is 4.39 Å². The molecule has 1 saturated heterocycles. The van der Waals surface area contributed by atoms with Crippen molar-refractivity contribution in [1.82, 2.24) is 4.90 Å². The average Bonchev–Trinajstić information content (AvgIpc) is 3.17. The van der Waals surface area contributed by atoms with Gasteiger partial charge in [0, 0.05) is 5.69 Å². The molecular weight excluding hydrogens is 676 g/mol. The molecule has 9 nitrogen and oxygen atoms in total. The fourth-order valence-electron chi connectivity index (χ4n) is 3.51. The van der Waals surface area contributed by atoms with Crippen LogP contribution in [0.3, 0.4) is 0 Å². The van der Waals surface area contributed by atoms with E-state index in [0.29, 0.717) is 48.8 Å². The molecule has 40 heavy (non-hydrogen) atoms. The van der Waals surface area contributed by atoms with Crippen LogP contribution in [0.4, 0.5) is 20.6 Å². The van der Waals surface area contributed by atoms with Gasteiger partial charge in [0.05, 0.1) is 26.3 Å². The van der Waals surface area contributed by atoms with Gasteiger partial charge in [0.2, 0.25) is 5.91 Å². The van der Waals surface area contributed by atoms with Crippen LogP contribution in [0, 0.1) is 9.39 Å². The van der Waals surface area contributed by atoms with Crippen molar-refractivity contribution in [1.29, 1.82) is 0 Å². The number of benzene rings is 3. The number of nitrogens with zero attached hydrogens (tertiary/aromatic N) is 1. The number of imide groups is 1. The molecule has 2 N–H and O–H groups in total. The predicted molar refractivity (Wildman–Crippen MR) is 159 cm³/mol. The van der Waals surface area contributed by atoms with Crippen LogP contribution in [0.1, 0.15) is 5.56 Å². The summed E-state index contributed by atoms with van der Waals surface area (Å²) < 4.78 is 24.7. The van der Waals surface area contributed by atoms with Gasteiger partial charge in [-0.3, -0.25) is 24.1 Å². The molecule has 0 atom stereocenters. The Bertz CT molecular complexity index is 1520. The van der Waals surface area contributed by atoms with E-state index in [1.54, 1.807) is 36.4 Å². The highest BCUT2D eigenvalue weighted by molar-refractivity contribution is 14.1. The van der Waals surface area contributed by atoms with Crippen LogP contribution in [0.25, 0.3) is 6.08 Å². The van der Waals surface area contributed by atoms with Crippen molar-refractivity contribution in [3.05, 3.63) is 85.5 Å². The largest absolute Gasteiger partial charge is 0.493 e. The first kappa shape index (κ1) is 29.4. The van der Waals surface area contributed by atoms with E-state index in [2.05, 4.69) is 10.6 Å².